The summed E-state index contributed by atoms with van der Waals surface area (Å²) in [5, 5.41) is 9.99. The van der Waals surface area contributed by atoms with Gasteiger partial charge in [-0.3, -0.25) is 9.89 Å². The van der Waals surface area contributed by atoms with E-state index in [9.17, 15) is 9.18 Å². The van der Waals surface area contributed by atoms with E-state index in [1.54, 1.807) is 39.3 Å². The number of ether oxygens (including phenoxy) is 1. The van der Waals surface area contributed by atoms with Crippen molar-refractivity contribution in [3.05, 3.63) is 71.7 Å². The van der Waals surface area contributed by atoms with Gasteiger partial charge < -0.3 is 10.1 Å². The second-order valence-corrected chi connectivity index (χ2v) is 6.82. The number of hydrogen-bond donors (Lipinski definition) is 2. The molecule has 3 aromatic rings. The molecule has 140 valence electrons. The van der Waals surface area contributed by atoms with Crippen LogP contribution in [0, 0.1) is 5.82 Å². The number of carbonyl (C=O) groups excluding carboxylic acids is 1. The van der Waals surface area contributed by atoms with Crippen molar-refractivity contribution in [2.45, 2.75) is 25.8 Å². The normalized spacial score (nSPS) is 11.3. The van der Waals surface area contributed by atoms with Crippen LogP contribution in [0.3, 0.4) is 0 Å². The number of hydrogen-bond acceptors (Lipinski definition) is 3. The Morgan fingerprint density at radius 2 is 1.96 bits per heavy atom. The zero-order chi connectivity index (χ0) is 19.4. The molecule has 0 unspecified atom stereocenters. The van der Waals surface area contributed by atoms with Gasteiger partial charge in [0.25, 0.3) is 0 Å². The van der Waals surface area contributed by atoms with Gasteiger partial charge in [-0.25, -0.2) is 4.39 Å². The Bertz CT molecular complexity index is 933. The van der Waals surface area contributed by atoms with Crippen LogP contribution in [-0.2, 0) is 16.8 Å². The number of aromatic amines is 1. The van der Waals surface area contributed by atoms with E-state index in [0.29, 0.717) is 12.1 Å². The Labute approximate surface area is 157 Å². The Hall–Kier alpha value is -3.15. The minimum atomic E-state index is -0.855. The van der Waals surface area contributed by atoms with Gasteiger partial charge in [-0.2, -0.15) is 5.10 Å². The van der Waals surface area contributed by atoms with Gasteiger partial charge in [0.15, 0.2) is 0 Å². The number of methoxy groups -OCH3 is 1. The smallest absolute Gasteiger partial charge is 0.230 e. The zero-order valence-electron chi connectivity index (χ0n) is 15.5. The predicted molar refractivity (Wildman–Crippen MR) is 102 cm³/mol. The van der Waals surface area contributed by atoms with Crippen LogP contribution in [-0.4, -0.2) is 23.2 Å². The first kappa shape index (κ1) is 18.6. The van der Waals surface area contributed by atoms with Gasteiger partial charge in [-0.1, -0.05) is 12.1 Å². The van der Waals surface area contributed by atoms with Crippen molar-refractivity contribution < 1.29 is 13.9 Å². The lowest BCUT2D eigenvalue weighted by atomic mass is 9.83. The van der Waals surface area contributed by atoms with Crippen LogP contribution in [0.2, 0.25) is 0 Å². The monoisotopic (exact) mass is 367 g/mol. The molecule has 27 heavy (non-hydrogen) atoms. The highest BCUT2D eigenvalue weighted by Gasteiger charge is 2.30. The molecule has 2 aromatic carbocycles. The molecule has 0 aliphatic rings. The summed E-state index contributed by atoms with van der Waals surface area (Å²) in [5.74, 6) is 0.227. The first-order chi connectivity index (χ1) is 12.9. The highest BCUT2D eigenvalue weighted by molar-refractivity contribution is 5.87. The molecule has 0 saturated heterocycles. The summed E-state index contributed by atoms with van der Waals surface area (Å²) in [5.41, 5.74) is 2.42. The van der Waals surface area contributed by atoms with E-state index in [-0.39, 0.29) is 11.7 Å². The Balaban J connectivity index is 1.73. The summed E-state index contributed by atoms with van der Waals surface area (Å²) in [6.45, 7) is 3.86. The number of nitrogens with one attached hydrogen (secondary N) is 2. The maximum Gasteiger partial charge on any atom is 0.230 e. The van der Waals surface area contributed by atoms with Crippen molar-refractivity contribution in [3.63, 3.8) is 0 Å². The van der Waals surface area contributed by atoms with Crippen LogP contribution in [0.25, 0.3) is 11.3 Å². The molecule has 2 N–H and O–H groups in total. The van der Waals surface area contributed by atoms with Crippen molar-refractivity contribution in [1.29, 1.82) is 0 Å². The SMILES string of the molecule is COc1ccc(-c2[nH]ncc2CNC(=O)C(C)(C)c2cccc(F)c2)cc1. The molecule has 6 heteroatoms. The molecule has 0 spiro atoms. The van der Waals surface area contributed by atoms with Gasteiger partial charge in [0, 0.05) is 17.7 Å². The van der Waals surface area contributed by atoms with Crippen molar-refractivity contribution in [2.24, 2.45) is 0 Å². The number of halogens is 1. The first-order valence-electron chi connectivity index (χ1n) is 8.63. The summed E-state index contributed by atoms with van der Waals surface area (Å²) in [6, 6.07) is 13.7. The second kappa shape index (κ2) is 7.61. The molecule has 0 radical (unpaired) electrons. The topological polar surface area (TPSA) is 67.0 Å². The van der Waals surface area contributed by atoms with Gasteiger partial charge in [0.1, 0.15) is 11.6 Å². The Morgan fingerprint density at radius 1 is 1.22 bits per heavy atom. The molecule has 0 aliphatic carbocycles. The highest BCUT2D eigenvalue weighted by Crippen LogP contribution is 2.26. The van der Waals surface area contributed by atoms with Gasteiger partial charge >= 0.3 is 0 Å². The van der Waals surface area contributed by atoms with Crippen molar-refractivity contribution in [1.82, 2.24) is 15.5 Å². The first-order valence-corrected chi connectivity index (χ1v) is 8.63. The van der Waals surface area contributed by atoms with Crippen LogP contribution in [0.4, 0.5) is 4.39 Å². The third-order valence-corrected chi connectivity index (χ3v) is 4.65. The predicted octanol–water partition coefficient (Wildman–Crippen LogP) is 3.82. The van der Waals surface area contributed by atoms with E-state index < -0.39 is 5.41 Å². The average molecular weight is 367 g/mol. The van der Waals surface area contributed by atoms with Crippen molar-refractivity contribution in [3.8, 4) is 17.0 Å². The summed E-state index contributed by atoms with van der Waals surface area (Å²) in [4.78, 5) is 12.7. The molecule has 0 atom stereocenters. The largest absolute Gasteiger partial charge is 0.497 e. The lowest BCUT2D eigenvalue weighted by Gasteiger charge is -2.24. The van der Waals surface area contributed by atoms with Crippen LogP contribution >= 0.6 is 0 Å². The van der Waals surface area contributed by atoms with E-state index in [0.717, 1.165) is 22.6 Å². The molecule has 1 heterocycles. The molecule has 1 aromatic heterocycles. The summed E-state index contributed by atoms with van der Waals surface area (Å²) >= 11 is 0. The fraction of sp³-hybridized carbons (Fsp3) is 0.238. The van der Waals surface area contributed by atoms with Gasteiger partial charge in [-0.05, 0) is 55.8 Å². The summed E-state index contributed by atoms with van der Waals surface area (Å²) < 4.78 is 18.7. The van der Waals surface area contributed by atoms with E-state index in [2.05, 4.69) is 15.5 Å². The maximum atomic E-state index is 13.5. The van der Waals surface area contributed by atoms with Gasteiger partial charge in [0.2, 0.25) is 5.91 Å². The minimum absolute atomic E-state index is 0.185. The van der Waals surface area contributed by atoms with Gasteiger partial charge in [0.05, 0.1) is 24.4 Å². The molecule has 3 rings (SSSR count). The number of amides is 1. The molecular weight excluding hydrogens is 345 g/mol. The lowest BCUT2D eigenvalue weighted by molar-refractivity contribution is -0.125. The molecule has 0 aliphatic heterocycles. The fourth-order valence-electron chi connectivity index (χ4n) is 2.86. The van der Waals surface area contributed by atoms with Crippen LogP contribution in [0.15, 0.2) is 54.7 Å². The molecular formula is C21H22FN3O2. The quantitative estimate of drug-likeness (QED) is 0.696. The number of H-pyrrole nitrogens is 1. The third kappa shape index (κ3) is 4.00. The molecule has 1 amide bonds. The highest BCUT2D eigenvalue weighted by atomic mass is 19.1. The molecule has 0 fully saturated rings. The van der Waals surface area contributed by atoms with E-state index >= 15 is 0 Å². The zero-order valence-corrected chi connectivity index (χ0v) is 15.5. The van der Waals surface area contributed by atoms with Gasteiger partial charge in [-0.15, -0.1) is 0 Å². The Kier molecular flexibility index (Phi) is 5.26. The van der Waals surface area contributed by atoms with E-state index in [4.69, 9.17) is 4.74 Å². The lowest BCUT2D eigenvalue weighted by Crippen LogP contribution is -2.39. The Morgan fingerprint density at radius 3 is 2.63 bits per heavy atom. The van der Waals surface area contributed by atoms with Crippen LogP contribution in [0.5, 0.6) is 5.75 Å². The molecule has 0 saturated carbocycles. The summed E-state index contributed by atoms with van der Waals surface area (Å²) in [7, 11) is 1.62. The molecule has 5 nitrogen and oxygen atoms in total. The number of nitrogens with zero attached hydrogens (tertiary/aromatic N) is 1. The standard InChI is InChI=1S/C21H22FN3O2/c1-21(2,16-5-4-6-17(22)11-16)20(26)23-12-15-13-24-25-19(15)14-7-9-18(27-3)10-8-14/h4-11,13H,12H2,1-3H3,(H,23,26)(H,24,25). The van der Waals surface area contributed by atoms with E-state index in [1.807, 2.05) is 24.3 Å². The number of rotatable bonds is 6. The molecule has 0 bridgehead atoms. The second-order valence-electron chi connectivity index (χ2n) is 6.82. The minimum Gasteiger partial charge on any atom is -0.497 e. The maximum absolute atomic E-state index is 13.5. The van der Waals surface area contributed by atoms with Crippen LogP contribution in [0.1, 0.15) is 25.0 Å². The number of aromatic nitrogens is 2. The van der Waals surface area contributed by atoms with E-state index in [1.165, 1.54) is 12.1 Å². The third-order valence-electron chi connectivity index (χ3n) is 4.65. The van der Waals surface area contributed by atoms with Crippen LogP contribution < -0.4 is 10.1 Å². The fourth-order valence-corrected chi connectivity index (χ4v) is 2.86. The van der Waals surface area contributed by atoms with Crippen molar-refractivity contribution in [2.75, 3.05) is 7.11 Å². The number of benzene rings is 2. The van der Waals surface area contributed by atoms with Crippen molar-refractivity contribution >= 4 is 5.91 Å². The number of carbonyl (C=O) groups is 1. The average Bonchev–Trinajstić information content (AvgIpc) is 3.14. The summed E-state index contributed by atoms with van der Waals surface area (Å²) in [6.07, 6.45) is 1.69.